The molecular weight excluding hydrogens is 294 g/mol. The Morgan fingerprint density at radius 2 is 2.20 bits per heavy atom. The number of benzene rings is 1. The van der Waals surface area contributed by atoms with Crippen LogP contribution in [0, 0.1) is 0 Å². The van der Waals surface area contributed by atoms with Gasteiger partial charge in [-0.1, -0.05) is 30.7 Å². The van der Waals surface area contributed by atoms with Gasteiger partial charge in [0.2, 0.25) is 0 Å². The fourth-order valence-corrected chi connectivity index (χ4v) is 2.16. The molecule has 20 heavy (non-hydrogen) atoms. The Labute approximate surface area is 128 Å². The first kappa shape index (κ1) is 14.8. The lowest BCUT2D eigenvalue weighted by Crippen LogP contribution is -2.09. The third-order valence-electron chi connectivity index (χ3n) is 2.98. The molecule has 0 aliphatic carbocycles. The third-order valence-corrected chi connectivity index (χ3v) is 3.51. The van der Waals surface area contributed by atoms with Crippen LogP contribution < -0.4 is 10.5 Å². The molecule has 1 aromatic carbocycles. The van der Waals surface area contributed by atoms with E-state index in [0.29, 0.717) is 22.4 Å². The first-order valence-electron chi connectivity index (χ1n) is 6.25. The van der Waals surface area contributed by atoms with E-state index in [4.69, 9.17) is 34.3 Å². The number of nitrogens with two attached hydrogens (primary N) is 1. The number of halogens is 1. The monoisotopic (exact) mass is 309 g/mol. The van der Waals surface area contributed by atoms with Gasteiger partial charge < -0.3 is 10.5 Å². The van der Waals surface area contributed by atoms with Gasteiger partial charge in [0.25, 0.3) is 0 Å². The summed E-state index contributed by atoms with van der Waals surface area (Å²) in [5.74, 6) is 0.603. The lowest BCUT2D eigenvalue weighted by Gasteiger charge is -2.09. The molecule has 0 aliphatic rings. The topological polar surface area (TPSA) is 53.1 Å². The van der Waals surface area contributed by atoms with Gasteiger partial charge in [-0.2, -0.15) is 5.10 Å². The van der Waals surface area contributed by atoms with Gasteiger partial charge in [-0.15, -0.1) is 0 Å². The molecule has 0 atom stereocenters. The summed E-state index contributed by atoms with van der Waals surface area (Å²) >= 11 is 11.1. The van der Waals surface area contributed by atoms with Crippen molar-refractivity contribution in [2.24, 2.45) is 12.8 Å². The molecule has 0 fully saturated rings. The minimum atomic E-state index is 0.317. The maximum Gasteiger partial charge on any atom is 0.138 e. The van der Waals surface area contributed by atoms with Crippen LogP contribution in [0.25, 0.3) is 0 Å². The summed E-state index contributed by atoms with van der Waals surface area (Å²) in [7, 11) is 1.90. The molecule has 4 nitrogen and oxygen atoms in total. The highest BCUT2D eigenvalue weighted by Crippen LogP contribution is 2.26. The van der Waals surface area contributed by atoms with Crippen LogP contribution in [0.4, 0.5) is 0 Å². The molecule has 0 spiro atoms. The van der Waals surface area contributed by atoms with E-state index in [1.165, 1.54) is 0 Å². The van der Waals surface area contributed by atoms with Crippen LogP contribution in [-0.2, 0) is 20.1 Å². The van der Waals surface area contributed by atoms with Gasteiger partial charge in [-0.05, 0) is 30.7 Å². The molecule has 0 amide bonds. The van der Waals surface area contributed by atoms with Crippen molar-refractivity contribution in [1.29, 1.82) is 0 Å². The molecule has 1 aromatic heterocycles. The molecule has 0 unspecified atom stereocenters. The minimum absolute atomic E-state index is 0.317. The Hall–Kier alpha value is -1.59. The van der Waals surface area contributed by atoms with Gasteiger partial charge in [-0.25, -0.2) is 0 Å². The molecule has 0 saturated heterocycles. The highest BCUT2D eigenvalue weighted by atomic mass is 35.5. The third kappa shape index (κ3) is 3.29. The van der Waals surface area contributed by atoms with Gasteiger partial charge in [0.1, 0.15) is 17.3 Å². The number of aromatic nitrogens is 2. The fraction of sp³-hybridized carbons (Fsp3) is 0.286. The van der Waals surface area contributed by atoms with E-state index in [1.807, 2.05) is 17.8 Å². The van der Waals surface area contributed by atoms with Gasteiger partial charge in [-0.3, -0.25) is 4.68 Å². The van der Waals surface area contributed by atoms with Crippen molar-refractivity contribution in [1.82, 2.24) is 9.78 Å². The van der Waals surface area contributed by atoms with E-state index in [9.17, 15) is 0 Å². The highest BCUT2D eigenvalue weighted by Gasteiger charge is 2.08. The number of hydrogen-bond acceptors (Lipinski definition) is 3. The van der Waals surface area contributed by atoms with Crippen molar-refractivity contribution in [3.05, 3.63) is 46.2 Å². The molecular formula is C14H16ClN3OS. The molecule has 0 aliphatic heterocycles. The molecule has 0 bridgehead atoms. The Bertz CT molecular complexity index is 639. The predicted molar refractivity (Wildman–Crippen MR) is 84.3 cm³/mol. The molecule has 6 heteroatoms. The van der Waals surface area contributed by atoms with Gasteiger partial charge in [0, 0.05) is 12.6 Å². The summed E-state index contributed by atoms with van der Waals surface area (Å²) in [6, 6.07) is 7.30. The summed E-state index contributed by atoms with van der Waals surface area (Å²) in [4.78, 5) is 0.317. The van der Waals surface area contributed by atoms with E-state index in [2.05, 4.69) is 12.0 Å². The lowest BCUT2D eigenvalue weighted by molar-refractivity contribution is 0.295. The quantitative estimate of drug-likeness (QED) is 0.863. The normalized spacial score (nSPS) is 10.6. The second-order valence-electron chi connectivity index (χ2n) is 4.40. The largest absolute Gasteiger partial charge is 0.486 e. The summed E-state index contributed by atoms with van der Waals surface area (Å²) in [5.41, 5.74) is 8.32. The average Bonchev–Trinajstić information content (AvgIpc) is 2.78. The lowest BCUT2D eigenvalue weighted by atomic mass is 10.2. The van der Waals surface area contributed by atoms with Crippen LogP contribution in [0.5, 0.6) is 5.75 Å². The van der Waals surface area contributed by atoms with Crippen LogP contribution in [0.3, 0.4) is 0 Å². The van der Waals surface area contributed by atoms with Crippen LogP contribution in [0.15, 0.2) is 24.3 Å². The van der Waals surface area contributed by atoms with Crippen LogP contribution in [-0.4, -0.2) is 14.8 Å². The number of hydrogen-bond donors (Lipinski definition) is 1. The van der Waals surface area contributed by atoms with Crippen molar-refractivity contribution >= 4 is 28.8 Å². The molecule has 2 N–H and O–H groups in total. The molecule has 1 heterocycles. The van der Waals surface area contributed by atoms with E-state index in [1.54, 1.807) is 18.2 Å². The second kappa shape index (κ2) is 6.24. The fourth-order valence-electron chi connectivity index (χ4n) is 1.80. The zero-order valence-corrected chi connectivity index (χ0v) is 13.0. The Morgan fingerprint density at radius 1 is 1.45 bits per heavy atom. The number of nitrogens with zero attached hydrogens (tertiary/aromatic N) is 2. The maximum atomic E-state index is 6.15. The average molecular weight is 310 g/mol. The van der Waals surface area contributed by atoms with Crippen molar-refractivity contribution in [2.75, 3.05) is 0 Å². The molecule has 0 radical (unpaired) electrons. The summed E-state index contributed by atoms with van der Waals surface area (Å²) in [5, 5.41) is 4.86. The Kier molecular flexibility index (Phi) is 4.62. The summed E-state index contributed by atoms with van der Waals surface area (Å²) < 4.78 is 7.53. The van der Waals surface area contributed by atoms with Crippen LogP contribution >= 0.6 is 23.8 Å². The van der Waals surface area contributed by atoms with E-state index < -0.39 is 0 Å². The highest BCUT2D eigenvalue weighted by molar-refractivity contribution is 7.80. The molecule has 2 aromatic rings. The van der Waals surface area contributed by atoms with E-state index in [0.717, 1.165) is 23.4 Å². The van der Waals surface area contributed by atoms with Crippen molar-refractivity contribution in [3.8, 4) is 5.75 Å². The van der Waals surface area contributed by atoms with Gasteiger partial charge in [0.15, 0.2) is 0 Å². The zero-order chi connectivity index (χ0) is 14.7. The molecule has 2 rings (SSSR count). The summed E-state index contributed by atoms with van der Waals surface area (Å²) in [6.07, 6.45) is 0.900. The van der Waals surface area contributed by atoms with E-state index in [-0.39, 0.29) is 0 Å². The predicted octanol–water partition coefficient (Wildman–Crippen LogP) is 2.85. The Balaban J connectivity index is 2.10. The SMILES string of the molecule is CCc1cc(COc2ccc(C(N)=S)cc2Cl)n(C)n1. The molecule has 0 saturated carbocycles. The zero-order valence-electron chi connectivity index (χ0n) is 11.4. The number of aryl methyl sites for hydroxylation is 2. The van der Waals surface area contributed by atoms with Crippen LogP contribution in [0.2, 0.25) is 5.02 Å². The molecule has 106 valence electrons. The smallest absolute Gasteiger partial charge is 0.138 e. The van der Waals surface area contributed by atoms with Gasteiger partial charge in [0.05, 0.1) is 16.4 Å². The van der Waals surface area contributed by atoms with Gasteiger partial charge >= 0.3 is 0 Å². The first-order chi connectivity index (χ1) is 9.51. The number of ether oxygens (including phenoxy) is 1. The number of rotatable bonds is 5. The van der Waals surface area contributed by atoms with Crippen molar-refractivity contribution in [3.63, 3.8) is 0 Å². The number of thiocarbonyl (C=S) groups is 1. The minimum Gasteiger partial charge on any atom is -0.486 e. The van der Waals surface area contributed by atoms with Crippen molar-refractivity contribution < 1.29 is 4.74 Å². The first-order valence-corrected chi connectivity index (χ1v) is 7.03. The maximum absolute atomic E-state index is 6.15. The van der Waals surface area contributed by atoms with E-state index >= 15 is 0 Å². The summed E-state index contributed by atoms with van der Waals surface area (Å²) in [6.45, 7) is 2.48. The standard InChI is InChI=1S/C14H16ClN3OS/c1-3-10-7-11(18(2)17-10)8-19-13-5-4-9(14(16)20)6-12(13)15/h4-7H,3,8H2,1-2H3,(H2,16,20). The second-order valence-corrected chi connectivity index (χ2v) is 5.25. The van der Waals surface area contributed by atoms with Crippen LogP contribution in [0.1, 0.15) is 23.9 Å². The van der Waals surface area contributed by atoms with Crippen molar-refractivity contribution in [2.45, 2.75) is 20.0 Å². The Morgan fingerprint density at radius 3 is 2.75 bits per heavy atom.